The van der Waals surface area contributed by atoms with Gasteiger partial charge in [0.25, 0.3) is 0 Å². The van der Waals surface area contributed by atoms with Crippen molar-refractivity contribution in [3.05, 3.63) is 16.6 Å². The van der Waals surface area contributed by atoms with Crippen molar-refractivity contribution >= 4 is 11.3 Å². The van der Waals surface area contributed by atoms with Crippen molar-refractivity contribution < 1.29 is 0 Å². The highest BCUT2D eigenvalue weighted by Crippen LogP contribution is 2.41. The smallest absolute Gasteiger partial charge is 0.107 e. The van der Waals surface area contributed by atoms with Gasteiger partial charge in [0.2, 0.25) is 0 Å². The van der Waals surface area contributed by atoms with E-state index in [1.807, 2.05) is 6.20 Å². The first-order valence-corrected chi connectivity index (χ1v) is 8.46. The fraction of sp³-hybridized carbons (Fsp3) is 0.800. The van der Waals surface area contributed by atoms with Crippen LogP contribution in [-0.4, -0.2) is 34.6 Å². The fourth-order valence-corrected chi connectivity index (χ4v) is 4.03. The molecule has 2 atom stereocenters. The third-order valence-electron chi connectivity index (χ3n) is 4.71. The Bertz CT molecular complexity index is 402. The van der Waals surface area contributed by atoms with Crippen LogP contribution in [0.1, 0.15) is 44.5 Å². The van der Waals surface area contributed by atoms with Gasteiger partial charge in [0.1, 0.15) is 5.01 Å². The van der Waals surface area contributed by atoms with Gasteiger partial charge >= 0.3 is 0 Å². The third-order valence-corrected chi connectivity index (χ3v) is 5.48. The molecule has 106 valence electrons. The van der Waals surface area contributed by atoms with Crippen molar-refractivity contribution in [1.82, 2.24) is 15.2 Å². The molecule has 1 N–H and O–H groups in total. The summed E-state index contributed by atoms with van der Waals surface area (Å²) in [6.45, 7) is 8.07. The Morgan fingerprint density at radius 3 is 3.00 bits per heavy atom. The van der Waals surface area contributed by atoms with E-state index < -0.39 is 0 Å². The number of nitrogens with one attached hydrogen (secondary N) is 1. The molecule has 1 saturated heterocycles. The van der Waals surface area contributed by atoms with Gasteiger partial charge in [0.05, 0.1) is 6.54 Å². The maximum Gasteiger partial charge on any atom is 0.107 e. The lowest BCUT2D eigenvalue weighted by Gasteiger charge is -2.46. The lowest BCUT2D eigenvalue weighted by atomic mass is 9.90. The first-order chi connectivity index (χ1) is 9.21. The zero-order valence-corrected chi connectivity index (χ0v) is 12.9. The van der Waals surface area contributed by atoms with Gasteiger partial charge < -0.3 is 5.32 Å². The molecule has 0 aromatic carbocycles. The summed E-state index contributed by atoms with van der Waals surface area (Å²) in [5.41, 5.74) is 0.335. The minimum Gasteiger partial charge on any atom is -0.308 e. The zero-order chi connectivity index (χ0) is 13.3. The normalized spacial score (nSPS) is 32.6. The fourth-order valence-electron chi connectivity index (χ4n) is 3.39. The summed E-state index contributed by atoms with van der Waals surface area (Å²) >= 11 is 1.79. The second kappa shape index (κ2) is 5.51. The van der Waals surface area contributed by atoms with E-state index in [4.69, 9.17) is 0 Å². The Morgan fingerprint density at radius 1 is 1.53 bits per heavy atom. The molecule has 0 bridgehead atoms. The molecule has 1 aliphatic carbocycles. The molecule has 2 unspecified atom stereocenters. The monoisotopic (exact) mass is 279 g/mol. The van der Waals surface area contributed by atoms with Crippen molar-refractivity contribution in [1.29, 1.82) is 0 Å². The van der Waals surface area contributed by atoms with Crippen molar-refractivity contribution in [2.24, 2.45) is 5.92 Å². The third kappa shape index (κ3) is 3.01. The number of thiazole rings is 1. The van der Waals surface area contributed by atoms with Gasteiger partial charge in [0.15, 0.2) is 0 Å². The van der Waals surface area contributed by atoms with Crippen molar-refractivity contribution in [3.63, 3.8) is 0 Å². The summed E-state index contributed by atoms with van der Waals surface area (Å²) in [7, 11) is 0. The Hall–Kier alpha value is -0.450. The molecule has 4 heteroatoms. The summed E-state index contributed by atoms with van der Waals surface area (Å²) < 4.78 is 0. The molecule has 2 heterocycles. The van der Waals surface area contributed by atoms with Crippen LogP contribution < -0.4 is 5.32 Å². The summed E-state index contributed by atoms with van der Waals surface area (Å²) in [6, 6.07) is 0.681. The van der Waals surface area contributed by atoms with Crippen LogP contribution in [0.3, 0.4) is 0 Å². The van der Waals surface area contributed by atoms with Crippen LogP contribution in [0.25, 0.3) is 0 Å². The van der Waals surface area contributed by atoms with Crippen molar-refractivity contribution in [2.75, 3.05) is 13.1 Å². The largest absolute Gasteiger partial charge is 0.308 e. The molecule has 1 aromatic rings. The van der Waals surface area contributed by atoms with Gasteiger partial charge in [-0.15, -0.1) is 11.3 Å². The zero-order valence-electron chi connectivity index (χ0n) is 12.1. The van der Waals surface area contributed by atoms with E-state index >= 15 is 0 Å². The van der Waals surface area contributed by atoms with Crippen molar-refractivity contribution in [2.45, 2.75) is 57.7 Å². The predicted octanol–water partition coefficient (Wildman–Crippen LogP) is 2.89. The number of hydrogen-bond donors (Lipinski definition) is 1. The van der Waals surface area contributed by atoms with E-state index in [-0.39, 0.29) is 0 Å². The molecule has 19 heavy (non-hydrogen) atoms. The maximum absolute atomic E-state index is 4.47. The molecule has 3 nitrogen and oxygen atoms in total. The Balaban J connectivity index is 1.70. The molecule has 1 aliphatic heterocycles. The molecule has 1 aromatic heterocycles. The van der Waals surface area contributed by atoms with Gasteiger partial charge in [-0.05, 0) is 32.1 Å². The molecule has 2 aliphatic rings. The first kappa shape index (κ1) is 13.5. The van der Waals surface area contributed by atoms with Gasteiger partial charge in [-0.1, -0.05) is 13.3 Å². The molecular formula is C15H25N3S. The molecule has 0 spiro atoms. The summed E-state index contributed by atoms with van der Waals surface area (Å²) in [6.07, 6.45) is 7.30. The van der Waals surface area contributed by atoms with E-state index in [1.165, 1.54) is 37.2 Å². The first-order valence-electron chi connectivity index (χ1n) is 7.59. The minimum atomic E-state index is 0.335. The van der Waals surface area contributed by atoms with Gasteiger partial charge in [-0.2, -0.15) is 0 Å². The SMILES string of the molecule is CCCC1CNC(C)(C2CC2)CN1Cc1nccs1. The van der Waals surface area contributed by atoms with Gasteiger partial charge in [-0.3, -0.25) is 4.90 Å². The van der Waals surface area contributed by atoms with Crippen LogP contribution in [0.4, 0.5) is 0 Å². The number of aromatic nitrogens is 1. The highest BCUT2D eigenvalue weighted by molar-refractivity contribution is 7.09. The molecule has 0 amide bonds. The van der Waals surface area contributed by atoms with E-state index in [2.05, 4.69) is 34.4 Å². The number of rotatable bonds is 5. The summed E-state index contributed by atoms with van der Waals surface area (Å²) in [5.74, 6) is 0.897. The highest BCUT2D eigenvalue weighted by Gasteiger charge is 2.45. The topological polar surface area (TPSA) is 28.2 Å². The molecular weight excluding hydrogens is 254 g/mol. The van der Waals surface area contributed by atoms with Crippen LogP contribution in [0.2, 0.25) is 0 Å². The lowest BCUT2D eigenvalue weighted by Crippen LogP contribution is -2.63. The van der Waals surface area contributed by atoms with Crippen LogP contribution in [0.5, 0.6) is 0 Å². The van der Waals surface area contributed by atoms with Crippen LogP contribution in [0, 0.1) is 5.92 Å². The average Bonchev–Trinajstić information content (AvgIpc) is 3.14. The number of hydrogen-bond acceptors (Lipinski definition) is 4. The number of piperazine rings is 1. The van der Waals surface area contributed by atoms with Crippen molar-refractivity contribution in [3.8, 4) is 0 Å². The number of nitrogens with zero attached hydrogens (tertiary/aromatic N) is 2. The lowest BCUT2D eigenvalue weighted by molar-refractivity contribution is 0.0638. The summed E-state index contributed by atoms with van der Waals surface area (Å²) in [4.78, 5) is 7.15. The van der Waals surface area contributed by atoms with Crippen LogP contribution >= 0.6 is 11.3 Å². The molecule has 0 radical (unpaired) electrons. The molecule has 1 saturated carbocycles. The van der Waals surface area contributed by atoms with E-state index in [0.29, 0.717) is 11.6 Å². The van der Waals surface area contributed by atoms with Crippen LogP contribution in [0.15, 0.2) is 11.6 Å². The predicted molar refractivity (Wildman–Crippen MR) is 80.4 cm³/mol. The standard InChI is InChI=1S/C15H25N3S/c1-3-4-13-9-17-15(2,12-5-6-12)11-18(13)10-14-16-7-8-19-14/h7-8,12-13,17H,3-6,9-11H2,1-2H3. The second-order valence-corrected chi connectivity index (χ2v) is 7.33. The summed E-state index contributed by atoms with van der Waals surface area (Å²) in [5, 5.41) is 7.20. The average molecular weight is 279 g/mol. The molecule has 2 fully saturated rings. The van der Waals surface area contributed by atoms with Crippen LogP contribution in [-0.2, 0) is 6.54 Å². The second-order valence-electron chi connectivity index (χ2n) is 6.35. The van der Waals surface area contributed by atoms with E-state index in [9.17, 15) is 0 Å². The Labute approximate surface area is 120 Å². The Morgan fingerprint density at radius 2 is 2.37 bits per heavy atom. The minimum absolute atomic E-state index is 0.335. The quantitative estimate of drug-likeness (QED) is 0.898. The van der Waals surface area contributed by atoms with E-state index in [0.717, 1.165) is 19.0 Å². The van der Waals surface area contributed by atoms with E-state index in [1.54, 1.807) is 11.3 Å². The van der Waals surface area contributed by atoms with Gasteiger partial charge in [0, 0.05) is 36.2 Å². The Kier molecular flexibility index (Phi) is 3.92. The van der Waals surface area contributed by atoms with Gasteiger partial charge in [-0.25, -0.2) is 4.98 Å². The highest BCUT2D eigenvalue weighted by atomic mass is 32.1. The molecule has 3 rings (SSSR count). The maximum atomic E-state index is 4.47.